The summed E-state index contributed by atoms with van der Waals surface area (Å²) in [6.07, 6.45) is 0. The Morgan fingerprint density at radius 3 is 2.23 bits per heavy atom. The Balaban J connectivity index is 1.87. The van der Waals surface area contributed by atoms with Gasteiger partial charge in [0.1, 0.15) is 0 Å². The van der Waals surface area contributed by atoms with Gasteiger partial charge < -0.3 is 5.32 Å². The number of non-ortho nitro benzene ring substituents is 1. The molecule has 0 unspecified atom stereocenters. The van der Waals surface area contributed by atoms with E-state index in [2.05, 4.69) is 16.2 Å². The van der Waals surface area contributed by atoms with Crippen LogP contribution in [0.15, 0.2) is 54.6 Å². The predicted molar refractivity (Wildman–Crippen MR) is 86.4 cm³/mol. The first-order valence-corrected chi connectivity index (χ1v) is 6.64. The molecule has 3 N–H and O–H groups in total. The third kappa shape index (κ3) is 4.25. The largest absolute Gasteiger partial charge is 0.331 e. The number of carbonyl (C=O) groups is 1. The molecule has 0 aliphatic carbocycles. The Hall–Kier alpha value is -3.00. The van der Waals surface area contributed by atoms with Crippen LogP contribution in [-0.4, -0.2) is 15.9 Å². The number of nitro groups is 1. The smallest absolute Gasteiger partial charge is 0.269 e. The molecular weight excluding hydrogens is 304 g/mol. The van der Waals surface area contributed by atoms with E-state index in [9.17, 15) is 14.9 Å². The number of anilines is 1. The monoisotopic (exact) mass is 316 g/mol. The number of nitrogens with one attached hydrogen (secondary N) is 3. The molecule has 0 fully saturated rings. The van der Waals surface area contributed by atoms with Gasteiger partial charge in [0.25, 0.3) is 11.6 Å². The Bertz CT molecular complexity index is 689. The van der Waals surface area contributed by atoms with Crippen LogP contribution in [0.5, 0.6) is 0 Å². The fourth-order valence-corrected chi connectivity index (χ4v) is 1.77. The van der Waals surface area contributed by atoms with Gasteiger partial charge in [-0.2, -0.15) is 0 Å². The highest BCUT2D eigenvalue weighted by Gasteiger charge is 2.09. The number of hydrogen-bond donors (Lipinski definition) is 3. The third-order valence-electron chi connectivity index (χ3n) is 2.66. The minimum absolute atomic E-state index is 0.0780. The van der Waals surface area contributed by atoms with E-state index in [0.717, 1.165) is 5.69 Å². The molecule has 112 valence electrons. The van der Waals surface area contributed by atoms with Crippen LogP contribution in [0.3, 0.4) is 0 Å². The molecule has 0 aliphatic heterocycles. The Morgan fingerprint density at radius 1 is 1.00 bits per heavy atom. The Kier molecular flexibility index (Phi) is 4.99. The van der Waals surface area contributed by atoms with Crippen molar-refractivity contribution >= 4 is 34.6 Å². The van der Waals surface area contributed by atoms with Crippen molar-refractivity contribution in [3.05, 3.63) is 70.3 Å². The number of benzene rings is 2. The zero-order valence-electron chi connectivity index (χ0n) is 11.3. The molecule has 0 aliphatic rings. The summed E-state index contributed by atoms with van der Waals surface area (Å²) in [6.45, 7) is 0. The van der Waals surface area contributed by atoms with E-state index in [0.29, 0.717) is 0 Å². The molecule has 0 heterocycles. The second-order valence-electron chi connectivity index (χ2n) is 4.20. The normalized spacial score (nSPS) is 9.64. The van der Waals surface area contributed by atoms with E-state index in [1.165, 1.54) is 24.3 Å². The number of hydrogen-bond acceptors (Lipinski definition) is 4. The van der Waals surface area contributed by atoms with Crippen LogP contribution in [0, 0.1) is 10.1 Å². The van der Waals surface area contributed by atoms with Gasteiger partial charge in [-0.25, -0.2) is 0 Å². The zero-order valence-corrected chi connectivity index (χ0v) is 12.1. The van der Waals surface area contributed by atoms with Crippen LogP contribution in [-0.2, 0) is 0 Å². The van der Waals surface area contributed by atoms with Crippen molar-refractivity contribution in [2.24, 2.45) is 0 Å². The highest BCUT2D eigenvalue weighted by Crippen LogP contribution is 2.11. The number of nitrogens with zero attached hydrogens (tertiary/aromatic N) is 1. The molecule has 0 spiro atoms. The number of para-hydroxylation sites is 1. The highest BCUT2D eigenvalue weighted by molar-refractivity contribution is 7.80. The summed E-state index contributed by atoms with van der Waals surface area (Å²) in [7, 11) is 0. The van der Waals surface area contributed by atoms with Crippen molar-refractivity contribution in [3.8, 4) is 0 Å². The number of hydrazine groups is 1. The molecule has 2 aromatic rings. The van der Waals surface area contributed by atoms with Gasteiger partial charge in [0.05, 0.1) is 4.92 Å². The molecular formula is C14H12N4O3S. The summed E-state index contributed by atoms with van der Waals surface area (Å²) in [5, 5.41) is 13.7. The van der Waals surface area contributed by atoms with Gasteiger partial charge in [0.2, 0.25) is 0 Å². The molecule has 0 atom stereocenters. The lowest BCUT2D eigenvalue weighted by molar-refractivity contribution is -0.384. The number of amides is 1. The number of rotatable bonds is 3. The lowest BCUT2D eigenvalue weighted by atomic mass is 10.2. The first-order valence-electron chi connectivity index (χ1n) is 6.23. The van der Waals surface area contributed by atoms with E-state index in [4.69, 9.17) is 12.2 Å². The molecule has 7 nitrogen and oxygen atoms in total. The van der Waals surface area contributed by atoms with E-state index in [1.807, 2.05) is 30.3 Å². The minimum atomic E-state index is -0.529. The fourth-order valence-electron chi connectivity index (χ4n) is 1.60. The first-order chi connectivity index (χ1) is 10.6. The highest BCUT2D eigenvalue weighted by atomic mass is 32.1. The van der Waals surface area contributed by atoms with E-state index >= 15 is 0 Å². The second kappa shape index (κ2) is 7.14. The van der Waals surface area contributed by atoms with Crippen LogP contribution < -0.4 is 16.2 Å². The lowest BCUT2D eigenvalue weighted by Crippen LogP contribution is -2.43. The van der Waals surface area contributed by atoms with Crippen LogP contribution in [0.25, 0.3) is 0 Å². The summed E-state index contributed by atoms with van der Waals surface area (Å²) in [5.74, 6) is -0.452. The molecule has 2 rings (SSSR count). The number of carbonyl (C=O) groups excluding carboxylic acids is 1. The lowest BCUT2D eigenvalue weighted by Gasteiger charge is -2.11. The maximum absolute atomic E-state index is 11.9. The van der Waals surface area contributed by atoms with Gasteiger partial charge >= 0.3 is 0 Å². The standard InChI is InChI=1S/C14H12N4O3S/c19-13(10-6-8-12(9-7-10)18(20)21)16-17-14(22)15-11-4-2-1-3-5-11/h1-9H,(H,16,19)(H2,15,17,22). The SMILES string of the molecule is O=C(NNC(=S)Nc1ccccc1)c1ccc([N+](=O)[O-])cc1. The van der Waals surface area contributed by atoms with Gasteiger partial charge in [-0.3, -0.25) is 25.8 Å². The van der Waals surface area contributed by atoms with Gasteiger partial charge in [-0.1, -0.05) is 18.2 Å². The summed E-state index contributed by atoms with van der Waals surface area (Å²) in [5.41, 5.74) is 5.94. The quantitative estimate of drug-likeness (QED) is 0.456. The third-order valence-corrected chi connectivity index (χ3v) is 2.87. The van der Waals surface area contributed by atoms with Crippen molar-refractivity contribution in [1.29, 1.82) is 0 Å². The van der Waals surface area contributed by atoms with Crippen LogP contribution in [0.1, 0.15) is 10.4 Å². The van der Waals surface area contributed by atoms with Crippen LogP contribution in [0.4, 0.5) is 11.4 Å². The Morgan fingerprint density at radius 2 is 1.64 bits per heavy atom. The van der Waals surface area contributed by atoms with Crippen LogP contribution in [0.2, 0.25) is 0 Å². The molecule has 0 saturated heterocycles. The van der Waals surface area contributed by atoms with Gasteiger partial charge in [-0.15, -0.1) is 0 Å². The molecule has 1 amide bonds. The van der Waals surface area contributed by atoms with Crippen LogP contribution >= 0.6 is 12.2 Å². The van der Waals surface area contributed by atoms with E-state index < -0.39 is 10.8 Å². The molecule has 8 heteroatoms. The van der Waals surface area contributed by atoms with Crippen molar-refractivity contribution in [2.45, 2.75) is 0 Å². The predicted octanol–water partition coefficient (Wildman–Crippen LogP) is 2.23. The maximum atomic E-state index is 11.9. The van der Waals surface area contributed by atoms with Gasteiger partial charge in [-0.05, 0) is 36.5 Å². The molecule has 22 heavy (non-hydrogen) atoms. The van der Waals surface area contributed by atoms with Gasteiger partial charge in [0.15, 0.2) is 5.11 Å². The average Bonchev–Trinajstić information content (AvgIpc) is 2.53. The van der Waals surface area contributed by atoms with Crippen molar-refractivity contribution < 1.29 is 9.72 Å². The summed E-state index contributed by atoms with van der Waals surface area (Å²) in [6, 6.07) is 14.5. The molecule has 0 radical (unpaired) electrons. The van der Waals surface area contributed by atoms with Crippen molar-refractivity contribution in [3.63, 3.8) is 0 Å². The fraction of sp³-hybridized carbons (Fsp3) is 0. The number of nitro benzene ring substituents is 1. The zero-order chi connectivity index (χ0) is 15.9. The molecule has 0 bridgehead atoms. The summed E-state index contributed by atoms with van der Waals surface area (Å²) in [4.78, 5) is 21.9. The average molecular weight is 316 g/mol. The maximum Gasteiger partial charge on any atom is 0.269 e. The number of thiocarbonyl (C=S) groups is 1. The minimum Gasteiger partial charge on any atom is -0.331 e. The van der Waals surface area contributed by atoms with E-state index in [-0.39, 0.29) is 16.4 Å². The van der Waals surface area contributed by atoms with Crippen molar-refractivity contribution in [2.75, 3.05) is 5.32 Å². The molecule has 0 aromatic heterocycles. The Labute approximate surface area is 131 Å². The second-order valence-corrected chi connectivity index (χ2v) is 4.61. The topological polar surface area (TPSA) is 96.3 Å². The van der Waals surface area contributed by atoms with E-state index in [1.54, 1.807) is 0 Å². The summed E-state index contributed by atoms with van der Waals surface area (Å²) < 4.78 is 0. The summed E-state index contributed by atoms with van der Waals surface area (Å²) >= 11 is 5.03. The first kappa shape index (κ1) is 15.4. The van der Waals surface area contributed by atoms with Gasteiger partial charge in [0, 0.05) is 23.4 Å². The molecule has 0 saturated carbocycles. The molecule has 2 aromatic carbocycles. The van der Waals surface area contributed by atoms with Crippen molar-refractivity contribution in [1.82, 2.24) is 10.9 Å².